The number of aromatic nitrogens is 1. The summed E-state index contributed by atoms with van der Waals surface area (Å²) in [5.41, 5.74) is 6.80. The topological polar surface area (TPSA) is 68.0 Å². The van der Waals surface area contributed by atoms with Crippen LogP contribution in [0.1, 0.15) is 5.56 Å². The summed E-state index contributed by atoms with van der Waals surface area (Å²) in [6, 6.07) is 15.3. The van der Waals surface area contributed by atoms with E-state index in [-0.39, 0.29) is 11.8 Å². The van der Waals surface area contributed by atoms with Gasteiger partial charge in [0.05, 0.1) is 5.92 Å². The van der Waals surface area contributed by atoms with E-state index in [2.05, 4.69) is 10.3 Å². The number of nitrogens with one attached hydrogen (secondary N) is 1. The maximum Gasteiger partial charge on any atom is 0.230 e. The molecule has 0 aliphatic carbocycles. The lowest BCUT2D eigenvalue weighted by Gasteiger charge is -2.14. The lowest BCUT2D eigenvalue weighted by molar-refractivity contribution is -0.119. The second-order valence-electron chi connectivity index (χ2n) is 4.33. The van der Waals surface area contributed by atoms with Crippen molar-refractivity contribution in [3.63, 3.8) is 0 Å². The van der Waals surface area contributed by atoms with Crippen LogP contribution >= 0.6 is 0 Å². The minimum Gasteiger partial charge on any atom is -0.330 e. The number of hydrogen-bond acceptors (Lipinski definition) is 3. The van der Waals surface area contributed by atoms with Gasteiger partial charge in [0.1, 0.15) is 5.82 Å². The van der Waals surface area contributed by atoms with Crippen LogP contribution < -0.4 is 11.1 Å². The third kappa shape index (κ3) is 3.89. The van der Waals surface area contributed by atoms with Gasteiger partial charge in [-0.15, -0.1) is 0 Å². The number of carbonyl (C=O) groups excluding carboxylic acids is 1. The van der Waals surface area contributed by atoms with E-state index < -0.39 is 0 Å². The van der Waals surface area contributed by atoms with Crippen molar-refractivity contribution < 1.29 is 4.79 Å². The van der Waals surface area contributed by atoms with Crippen LogP contribution in [-0.4, -0.2) is 17.4 Å². The number of amides is 1. The molecule has 0 aliphatic rings. The van der Waals surface area contributed by atoms with E-state index in [9.17, 15) is 4.79 Å². The Hall–Kier alpha value is -2.20. The monoisotopic (exact) mass is 255 g/mol. The Morgan fingerprint density at radius 2 is 1.89 bits per heavy atom. The summed E-state index contributed by atoms with van der Waals surface area (Å²) < 4.78 is 0. The zero-order valence-electron chi connectivity index (χ0n) is 10.6. The highest BCUT2D eigenvalue weighted by Gasteiger charge is 2.17. The Morgan fingerprint density at radius 3 is 2.53 bits per heavy atom. The molecule has 1 amide bonds. The van der Waals surface area contributed by atoms with Gasteiger partial charge in [0.2, 0.25) is 5.91 Å². The lowest BCUT2D eigenvalue weighted by atomic mass is 9.98. The Kier molecular flexibility index (Phi) is 4.64. The van der Waals surface area contributed by atoms with Crippen molar-refractivity contribution in [1.82, 2.24) is 4.98 Å². The zero-order valence-corrected chi connectivity index (χ0v) is 10.6. The molecular weight excluding hydrogens is 238 g/mol. The molecule has 0 aliphatic heterocycles. The molecule has 0 radical (unpaired) electrons. The van der Waals surface area contributed by atoms with E-state index >= 15 is 0 Å². The molecule has 2 aromatic rings. The summed E-state index contributed by atoms with van der Waals surface area (Å²) in [5.74, 6) is 0.216. The summed E-state index contributed by atoms with van der Waals surface area (Å²) in [5, 5.41) is 2.78. The molecule has 0 saturated heterocycles. The number of carbonyl (C=O) groups is 1. The van der Waals surface area contributed by atoms with E-state index in [0.29, 0.717) is 18.8 Å². The summed E-state index contributed by atoms with van der Waals surface area (Å²) in [6.07, 6.45) is 2.28. The number of rotatable bonds is 5. The number of anilines is 1. The van der Waals surface area contributed by atoms with Crippen LogP contribution in [0.3, 0.4) is 0 Å². The van der Waals surface area contributed by atoms with Gasteiger partial charge in [-0.25, -0.2) is 4.98 Å². The van der Waals surface area contributed by atoms with Gasteiger partial charge in [0.15, 0.2) is 0 Å². The number of hydrogen-bond donors (Lipinski definition) is 2. The molecule has 0 spiro atoms. The van der Waals surface area contributed by atoms with E-state index in [1.165, 1.54) is 0 Å². The Morgan fingerprint density at radius 1 is 1.16 bits per heavy atom. The van der Waals surface area contributed by atoms with E-state index in [1.54, 1.807) is 18.3 Å². The molecule has 2 rings (SSSR count). The van der Waals surface area contributed by atoms with Crippen LogP contribution in [0, 0.1) is 5.92 Å². The Balaban J connectivity index is 2.00. The average molecular weight is 255 g/mol. The van der Waals surface area contributed by atoms with E-state index in [0.717, 1.165) is 5.56 Å². The number of nitrogens with two attached hydrogens (primary N) is 1. The van der Waals surface area contributed by atoms with Crippen molar-refractivity contribution >= 4 is 11.7 Å². The summed E-state index contributed by atoms with van der Waals surface area (Å²) in [7, 11) is 0. The first-order valence-electron chi connectivity index (χ1n) is 6.25. The van der Waals surface area contributed by atoms with E-state index in [1.807, 2.05) is 36.4 Å². The Labute approximate surface area is 112 Å². The first kappa shape index (κ1) is 13.2. The molecule has 4 heteroatoms. The van der Waals surface area contributed by atoms with Gasteiger partial charge in [0.25, 0.3) is 0 Å². The highest BCUT2D eigenvalue weighted by Crippen LogP contribution is 2.10. The van der Waals surface area contributed by atoms with E-state index in [4.69, 9.17) is 5.73 Å². The largest absolute Gasteiger partial charge is 0.330 e. The first-order valence-corrected chi connectivity index (χ1v) is 6.25. The molecule has 1 aromatic carbocycles. The predicted octanol–water partition coefficient (Wildman–Crippen LogP) is 1.84. The summed E-state index contributed by atoms with van der Waals surface area (Å²) in [4.78, 5) is 16.2. The van der Waals surface area contributed by atoms with Crippen molar-refractivity contribution in [3.8, 4) is 0 Å². The van der Waals surface area contributed by atoms with Crippen molar-refractivity contribution in [3.05, 3.63) is 60.3 Å². The second kappa shape index (κ2) is 6.66. The highest BCUT2D eigenvalue weighted by atomic mass is 16.1. The molecule has 1 unspecified atom stereocenters. The number of benzene rings is 1. The van der Waals surface area contributed by atoms with Gasteiger partial charge in [-0.2, -0.15) is 0 Å². The van der Waals surface area contributed by atoms with Gasteiger partial charge >= 0.3 is 0 Å². The maximum atomic E-state index is 12.1. The molecule has 1 aromatic heterocycles. The molecular formula is C15H17N3O. The summed E-state index contributed by atoms with van der Waals surface area (Å²) >= 11 is 0. The van der Waals surface area contributed by atoms with Crippen molar-refractivity contribution in [2.24, 2.45) is 11.7 Å². The van der Waals surface area contributed by atoms with Crippen LogP contribution in [-0.2, 0) is 11.2 Å². The first-order chi connectivity index (χ1) is 9.29. The molecule has 19 heavy (non-hydrogen) atoms. The molecule has 0 saturated carbocycles. The van der Waals surface area contributed by atoms with Crippen LogP contribution in [0.5, 0.6) is 0 Å². The highest BCUT2D eigenvalue weighted by molar-refractivity contribution is 5.91. The van der Waals surface area contributed by atoms with Crippen LogP contribution in [0.15, 0.2) is 54.7 Å². The SMILES string of the molecule is NCC(Cc1ccccc1)C(=O)Nc1ccccn1. The molecule has 1 heterocycles. The molecule has 3 N–H and O–H groups in total. The quantitative estimate of drug-likeness (QED) is 0.856. The average Bonchev–Trinajstić information content (AvgIpc) is 2.47. The zero-order chi connectivity index (χ0) is 13.5. The number of pyridine rings is 1. The summed E-state index contributed by atoms with van der Waals surface area (Å²) in [6.45, 7) is 0.313. The second-order valence-corrected chi connectivity index (χ2v) is 4.33. The standard InChI is InChI=1S/C15H17N3O/c16-11-13(10-12-6-2-1-3-7-12)15(19)18-14-8-4-5-9-17-14/h1-9,13H,10-11,16H2,(H,17,18,19). The van der Waals surface area contributed by atoms with Gasteiger partial charge < -0.3 is 11.1 Å². The van der Waals surface area contributed by atoms with Gasteiger partial charge in [-0.3, -0.25) is 4.79 Å². The fourth-order valence-electron chi connectivity index (χ4n) is 1.85. The molecule has 4 nitrogen and oxygen atoms in total. The smallest absolute Gasteiger partial charge is 0.230 e. The fraction of sp³-hybridized carbons (Fsp3) is 0.200. The molecule has 1 atom stereocenters. The molecule has 0 fully saturated rings. The van der Waals surface area contributed by atoms with Crippen molar-refractivity contribution in [2.75, 3.05) is 11.9 Å². The van der Waals surface area contributed by atoms with Crippen LogP contribution in [0.2, 0.25) is 0 Å². The minimum atomic E-state index is -0.246. The fourth-order valence-corrected chi connectivity index (χ4v) is 1.85. The van der Waals surface area contributed by atoms with Crippen molar-refractivity contribution in [1.29, 1.82) is 0 Å². The maximum absolute atomic E-state index is 12.1. The van der Waals surface area contributed by atoms with Crippen LogP contribution in [0.25, 0.3) is 0 Å². The third-order valence-electron chi connectivity index (χ3n) is 2.90. The van der Waals surface area contributed by atoms with Crippen molar-refractivity contribution in [2.45, 2.75) is 6.42 Å². The minimum absolute atomic E-state index is 0.0925. The van der Waals surface area contributed by atoms with Gasteiger partial charge in [-0.05, 0) is 24.1 Å². The lowest BCUT2D eigenvalue weighted by Crippen LogP contribution is -2.31. The molecule has 98 valence electrons. The third-order valence-corrected chi connectivity index (χ3v) is 2.90. The predicted molar refractivity (Wildman–Crippen MR) is 75.6 cm³/mol. The number of nitrogens with zero attached hydrogens (tertiary/aromatic N) is 1. The van der Waals surface area contributed by atoms with Crippen LogP contribution in [0.4, 0.5) is 5.82 Å². The van der Waals surface area contributed by atoms with Gasteiger partial charge in [-0.1, -0.05) is 36.4 Å². The molecule has 0 bridgehead atoms. The normalized spacial score (nSPS) is 11.8. The Bertz CT molecular complexity index is 513. The van der Waals surface area contributed by atoms with Gasteiger partial charge in [0, 0.05) is 12.7 Å².